The monoisotopic (exact) mass is 659 g/mol. The Hall–Kier alpha value is -3.28. The highest BCUT2D eigenvalue weighted by Crippen LogP contribution is 2.44. The molecule has 1 heterocycles. The minimum Gasteiger partial charge on any atom is -0.475 e. The minimum atomic E-state index is -5.33. The lowest BCUT2D eigenvalue weighted by molar-refractivity contribution is -0.144. The molecule has 0 saturated heterocycles. The van der Waals surface area contributed by atoms with Gasteiger partial charge in [-0.3, -0.25) is 0 Å². The fourth-order valence-electron chi connectivity index (χ4n) is 4.38. The van der Waals surface area contributed by atoms with Gasteiger partial charge in [0.25, 0.3) is 0 Å². The van der Waals surface area contributed by atoms with E-state index in [4.69, 9.17) is 4.74 Å². The van der Waals surface area contributed by atoms with Crippen molar-refractivity contribution in [3.8, 4) is 0 Å². The molecule has 0 bridgehead atoms. The first-order valence-corrected chi connectivity index (χ1v) is 14.0. The molecular weight excluding hydrogens is 637 g/mol. The largest absolute Gasteiger partial charge is 0.475 e. The lowest BCUT2D eigenvalue weighted by Gasteiger charge is -2.25. The van der Waals surface area contributed by atoms with Crippen molar-refractivity contribution in [3.63, 3.8) is 0 Å². The molecule has 0 unspecified atom stereocenters. The average molecular weight is 659 g/mol. The quantitative estimate of drug-likeness (QED) is 0.203. The molecule has 3 aromatic rings. The number of aliphatic imine (C=N–C) groups is 1. The van der Waals surface area contributed by atoms with E-state index < -0.39 is 76.9 Å². The second kappa shape index (κ2) is 11.3. The maximum Gasteiger partial charge on any atom is 0.416 e. The van der Waals surface area contributed by atoms with Crippen molar-refractivity contribution < 1.29 is 57.4 Å². The smallest absolute Gasteiger partial charge is 0.416 e. The van der Waals surface area contributed by atoms with E-state index in [1.807, 2.05) is 20.8 Å². The van der Waals surface area contributed by atoms with E-state index >= 15 is 0 Å². The SMILES string of the molecule is CC(C)(C)[C@H]1COC(c2ccccc2P(c2cc(C(F)(F)F)cc(C(F)(F)F)c2)c2cc(C(F)(F)F)cc(C(F)(F)F)c2)=N1. The van der Waals surface area contributed by atoms with Crippen LogP contribution in [0.3, 0.4) is 0 Å². The van der Waals surface area contributed by atoms with Crippen LogP contribution < -0.4 is 15.9 Å². The Morgan fingerprint density at radius 3 is 1.34 bits per heavy atom. The third-order valence-electron chi connectivity index (χ3n) is 6.69. The number of ether oxygens (including phenoxy) is 1. The highest BCUT2D eigenvalue weighted by Gasteiger charge is 2.41. The molecule has 0 radical (unpaired) electrons. The van der Waals surface area contributed by atoms with Crippen LogP contribution in [-0.4, -0.2) is 18.5 Å². The number of hydrogen-bond acceptors (Lipinski definition) is 2. The molecule has 3 aromatic carbocycles. The van der Waals surface area contributed by atoms with Crippen LogP contribution in [0.1, 0.15) is 48.6 Å². The van der Waals surface area contributed by atoms with E-state index in [1.54, 1.807) is 0 Å². The normalized spacial score (nSPS) is 16.7. The summed E-state index contributed by atoms with van der Waals surface area (Å²) < 4.78 is 172. The zero-order valence-corrected chi connectivity index (χ0v) is 23.8. The first kappa shape index (κ1) is 33.6. The van der Waals surface area contributed by atoms with Gasteiger partial charge >= 0.3 is 24.7 Å². The third-order valence-corrected chi connectivity index (χ3v) is 9.11. The third kappa shape index (κ3) is 7.33. The predicted octanol–water partition coefficient (Wildman–Crippen LogP) is 8.71. The van der Waals surface area contributed by atoms with E-state index in [0.29, 0.717) is 24.3 Å². The second-order valence-electron chi connectivity index (χ2n) is 11.0. The van der Waals surface area contributed by atoms with Crippen LogP contribution in [0.5, 0.6) is 0 Å². The molecule has 0 aliphatic carbocycles. The van der Waals surface area contributed by atoms with Crippen LogP contribution >= 0.6 is 7.92 Å². The van der Waals surface area contributed by atoms with Crippen molar-refractivity contribution in [2.45, 2.75) is 51.5 Å². The van der Waals surface area contributed by atoms with Gasteiger partial charge in [-0.05, 0) is 71.7 Å². The highest BCUT2D eigenvalue weighted by molar-refractivity contribution is 7.80. The summed E-state index contributed by atoms with van der Waals surface area (Å²) in [7, 11) is -2.94. The fourth-order valence-corrected chi connectivity index (χ4v) is 6.95. The number of halogens is 12. The molecule has 44 heavy (non-hydrogen) atoms. The number of alkyl halides is 12. The summed E-state index contributed by atoms with van der Waals surface area (Å²) in [5.41, 5.74) is -7.57. The Balaban J connectivity index is 2.11. The first-order chi connectivity index (χ1) is 20.0. The van der Waals surface area contributed by atoms with Gasteiger partial charge in [0.1, 0.15) is 6.61 Å². The van der Waals surface area contributed by atoms with Gasteiger partial charge in [0, 0.05) is 5.56 Å². The van der Waals surface area contributed by atoms with Gasteiger partial charge in [0.2, 0.25) is 5.90 Å². The predicted molar refractivity (Wildman–Crippen MR) is 141 cm³/mol. The molecule has 0 amide bonds. The van der Waals surface area contributed by atoms with E-state index in [1.165, 1.54) is 24.3 Å². The van der Waals surface area contributed by atoms with Gasteiger partial charge < -0.3 is 4.74 Å². The van der Waals surface area contributed by atoms with Crippen molar-refractivity contribution in [3.05, 3.63) is 88.5 Å². The van der Waals surface area contributed by atoms with Crippen LogP contribution in [0.4, 0.5) is 52.7 Å². The van der Waals surface area contributed by atoms with Crippen LogP contribution in [0.2, 0.25) is 0 Å². The zero-order valence-electron chi connectivity index (χ0n) is 22.9. The molecule has 0 N–H and O–H groups in total. The number of nitrogens with zero attached hydrogens (tertiary/aromatic N) is 1. The van der Waals surface area contributed by atoms with Crippen molar-refractivity contribution in [2.24, 2.45) is 10.4 Å². The van der Waals surface area contributed by atoms with Crippen LogP contribution in [0, 0.1) is 5.41 Å². The number of hydrogen-bond donors (Lipinski definition) is 0. The van der Waals surface area contributed by atoms with Crippen molar-refractivity contribution in [1.29, 1.82) is 0 Å². The molecule has 4 rings (SSSR count). The molecule has 1 atom stereocenters. The van der Waals surface area contributed by atoms with Crippen LogP contribution in [0.15, 0.2) is 65.7 Å². The highest BCUT2D eigenvalue weighted by atomic mass is 31.1. The van der Waals surface area contributed by atoms with E-state index in [-0.39, 0.29) is 35.5 Å². The van der Waals surface area contributed by atoms with Gasteiger partial charge in [0.05, 0.1) is 28.3 Å². The molecule has 2 nitrogen and oxygen atoms in total. The standard InChI is InChI=1S/C29H22F12NOP/c1-25(2,3)23-14-43-24(42-23)21-6-4-5-7-22(21)44(19-10-15(26(30,31)32)8-16(11-19)27(33,34)35)20-12-17(28(36,37)38)9-18(13-20)29(39,40)41/h4-13,23H,14H2,1-3H3/t23-/m1/s1. The number of rotatable bonds is 4. The second-order valence-corrected chi connectivity index (χ2v) is 13.2. The summed E-state index contributed by atoms with van der Waals surface area (Å²) in [6, 6.07) is 5.70. The topological polar surface area (TPSA) is 21.6 Å². The van der Waals surface area contributed by atoms with Gasteiger partial charge in [-0.15, -0.1) is 0 Å². The summed E-state index contributed by atoms with van der Waals surface area (Å²) in [5, 5.41) is -1.73. The summed E-state index contributed by atoms with van der Waals surface area (Å²) in [6.45, 7) is 5.52. The Bertz CT molecular complexity index is 1420. The van der Waals surface area contributed by atoms with E-state index in [0.717, 1.165) is 0 Å². The molecule has 0 spiro atoms. The Kier molecular flexibility index (Phi) is 8.60. The van der Waals surface area contributed by atoms with Gasteiger partial charge in [0.15, 0.2) is 0 Å². The van der Waals surface area contributed by atoms with Gasteiger partial charge in [-0.2, -0.15) is 52.7 Å². The summed E-state index contributed by atoms with van der Waals surface area (Å²) in [6.07, 6.45) is -21.3. The lowest BCUT2D eigenvalue weighted by atomic mass is 9.88. The number of benzene rings is 3. The van der Waals surface area contributed by atoms with E-state index in [9.17, 15) is 52.7 Å². The van der Waals surface area contributed by atoms with Crippen molar-refractivity contribution >= 4 is 29.7 Å². The molecule has 0 aromatic heterocycles. The lowest BCUT2D eigenvalue weighted by Crippen LogP contribution is -2.29. The molecule has 0 fully saturated rings. The van der Waals surface area contributed by atoms with Crippen molar-refractivity contribution in [1.82, 2.24) is 0 Å². The molecular formula is C29H22F12NOP. The van der Waals surface area contributed by atoms with Gasteiger partial charge in [-0.1, -0.05) is 39.0 Å². The molecule has 1 aliphatic rings. The maximum absolute atomic E-state index is 13.8. The summed E-state index contributed by atoms with van der Waals surface area (Å²) in [4.78, 5) is 4.47. The van der Waals surface area contributed by atoms with Crippen LogP contribution in [0.25, 0.3) is 0 Å². The zero-order chi connectivity index (χ0) is 33.0. The Morgan fingerprint density at radius 2 is 1.00 bits per heavy atom. The fraction of sp³-hybridized carbons (Fsp3) is 0.345. The van der Waals surface area contributed by atoms with E-state index in [2.05, 4.69) is 4.99 Å². The maximum atomic E-state index is 13.8. The molecule has 15 heteroatoms. The minimum absolute atomic E-state index is 0.00213. The Labute approximate surface area is 244 Å². The first-order valence-electron chi connectivity index (χ1n) is 12.7. The van der Waals surface area contributed by atoms with Gasteiger partial charge in [-0.25, -0.2) is 4.99 Å². The molecule has 0 saturated carbocycles. The van der Waals surface area contributed by atoms with Crippen molar-refractivity contribution in [2.75, 3.05) is 6.61 Å². The average Bonchev–Trinajstić information content (AvgIpc) is 3.38. The molecule has 1 aliphatic heterocycles. The molecule has 238 valence electrons. The summed E-state index contributed by atoms with van der Waals surface area (Å²) >= 11 is 0. The van der Waals surface area contributed by atoms with Crippen LogP contribution in [-0.2, 0) is 29.4 Å². The summed E-state index contributed by atoms with van der Waals surface area (Å²) in [5.74, 6) is -0.0981. The Morgan fingerprint density at radius 1 is 0.614 bits per heavy atom.